The minimum Gasteiger partial charge on any atom is -0.462 e. The van der Waals surface area contributed by atoms with Gasteiger partial charge in [0.25, 0.3) is 0 Å². The predicted octanol–water partition coefficient (Wildman–Crippen LogP) is 15.1. The molecule has 3 unspecified atom stereocenters. The number of carbonyl (C=O) groups is 2. The van der Waals surface area contributed by atoms with Gasteiger partial charge in [-0.1, -0.05) is 231 Å². The third-order valence-corrected chi connectivity index (χ3v) is 11.8. The van der Waals surface area contributed by atoms with E-state index in [2.05, 4.69) is 50.4 Å². The lowest BCUT2D eigenvalue weighted by Gasteiger charge is -2.24. The molecule has 0 saturated heterocycles. The standard InChI is InChI=1S/C52H99NO5/c1-4-7-10-13-16-19-22-24-25-26-27-29-31-34-37-40-43-48(58-52(57)45-42-39-36-33-28-21-18-15-12-9-6-3)46-51(56)53-49(47-54)50(55)44-41-38-35-32-30-23-20-17-14-11-8-5-2/h25-27,29,48-50,54-55H,4-24,28,30-47H2,1-3H3,(H,53,56)/b26-25+,29-27+. The number of nitrogens with one attached hydrogen (secondary N) is 1. The summed E-state index contributed by atoms with van der Waals surface area (Å²) in [7, 11) is 0. The summed E-state index contributed by atoms with van der Waals surface area (Å²) >= 11 is 0. The zero-order valence-corrected chi connectivity index (χ0v) is 38.9. The number of ether oxygens (including phenoxy) is 1. The van der Waals surface area contributed by atoms with Gasteiger partial charge in [0, 0.05) is 6.42 Å². The Morgan fingerprint density at radius 2 is 0.862 bits per heavy atom. The number of esters is 1. The molecule has 58 heavy (non-hydrogen) atoms. The highest BCUT2D eigenvalue weighted by atomic mass is 16.5. The van der Waals surface area contributed by atoms with Crippen molar-refractivity contribution in [3.05, 3.63) is 24.3 Å². The van der Waals surface area contributed by atoms with E-state index in [-0.39, 0.29) is 24.9 Å². The molecule has 3 atom stereocenters. The van der Waals surface area contributed by atoms with Crippen LogP contribution in [-0.2, 0) is 14.3 Å². The third-order valence-electron chi connectivity index (χ3n) is 11.8. The normalized spacial score (nSPS) is 13.4. The zero-order chi connectivity index (χ0) is 42.4. The van der Waals surface area contributed by atoms with Gasteiger partial charge in [-0.3, -0.25) is 9.59 Å². The molecule has 0 saturated carbocycles. The highest BCUT2D eigenvalue weighted by Crippen LogP contribution is 2.18. The van der Waals surface area contributed by atoms with Gasteiger partial charge in [-0.25, -0.2) is 0 Å². The Labute approximate surface area is 361 Å². The molecule has 0 fully saturated rings. The average molecular weight is 818 g/mol. The van der Waals surface area contributed by atoms with Crippen molar-refractivity contribution in [3.63, 3.8) is 0 Å². The summed E-state index contributed by atoms with van der Waals surface area (Å²) in [6, 6.07) is -0.704. The second-order valence-electron chi connectivity index (χ2n) is 17.6. The fourth-order valence-electron chi connectivity index (χ4n) is 7.89. The van der Waals surface area contributed by atoms with Gasteiger partial charge in [-0.05, 0) is 51.4 Å². The Hall–Kier alpha value is -1.66. The molecular weight excluding hydrogens is 719 g/mol. The van der Waals surface area contributed by atoms with Crippen LogP contribution in [0.2, 0.25) is 0 Å². The molecule has 6 heteroatoms. The second kappa shape index (κ2) is 46.4. The fourth-order valence-corrected chi connectivity index (χ4v) is 7.89. The molecule has 0 heterocycles. The first-order chi connectivity index (χ1) is 28.5. The third kappa shape index (κ3) is 41.1. The summed E-state index contributed by atoms with van der Waals surface area (Å²) in [5, 5.41) is 23.7. The smallest absolute Gasteiger partial charge is 0.306 e. The second-order valence-corrected chi connectivity index (χ2v) is 17.6. The maximum atomic E-state index is 13.2. The molecule has 0 aromatic heterocycles. The molecule has 6 nitrogen and oxygen atoms in total. The van der Waals surface area contributed by atoms with E-state index in [1.54, 1.807) is 0 Å². The number of allylic oxidation sites excluding steroid dienone is 4. The largest absolute Gasteiger partial charge is 0.462 e. The van der Waals surface area contributed by atoms with E-state index in [9.17, 15) is 19.8 Å². The first-order valence-electron chi connectivity index (χ1n) is 25.6. The van der Waals surface area contributed by atoms with Gasteiger partial charge in [0.2, 0.25) is 5.91 Å². The lowest BCUT2D eigenvalue weighted by atomic mass is 10.0. The molecule has 0 rings (SSSR count). The number of hydrogen-bond donors (Lipinski definition) is 3. The number of aliphatic hydroxyl groups excluding tert-OH is 2. The van der Waals surface area contributed by atoms with E-state index in [0.717, 1.165) is 70.6 Å². The van der Waals surface area contributed by atoms with Crippen LogP contribution in [0.1, 0.15) is 271 Å². The average Bonchev–Trinajstić information content (AvgIpc) is 3.22. The minimum absolute atomic E-state index is 0.0647. The Balaban J connectivity index is 4.61. The summed E-state index contributed by atoms with van der Waals surface area (Å²) in [6.45, 7) is 6.47. The summed E-state index contributed by atoms with van der Waals surface area (Å²) in [4.78, 5) is 26.1. The molecule has 0 aliphatic carbocycles. The molecule has 0 radical (unpaired) electrons. The van der Waals surface area contributed by atoms with E-state index < -0.39 is 18.2 Å². The van der Waals surface area contributed by atoms with E-state index in [0.29, 0.717) is 19.3 Å². The summed E-state index contributed by atoms with van der Waals surface area (Å²) in [5.74, 6) is -0.489. The van der Waals surface area contributed by atoms with E-state index >= 15 is 0 Å². The van der Waals surface area contributed by atoms with Crippen molar-refractivity contribution in [1.29, 1.82) is 0 Å². The van der Waals surface area contributed by atoms with Crippen molar-refractivity contribution in [2.75, 3.05) is 6.61 Å². The van der Waals surface area contributed by atoms with Crippen LogP contribution in [0.4, 0.5) is 0 Å². The van der Waals surface area contributed by atoms with E-state index in [1.807, 2.05) is 0 Å². The lowest BCUT2D eigenvalue weighted by Crippen LogP contribution is -2.46. The number of unbranched alkanes of at least 4 members (excludes halogenated alkanes) is 31. The SMILES string of the molecule is CCCCCCCCC/C=C/C=C/CCCCCC(CC(=O)NC(CO)C(O)CCCCCCCCCCCCCC)OC(=O)CCCCCCCCCCCCC. The van der Waals surface area contributed by atoms with Gasteiger partial charge < -0.3 is 20.3 Å². The Bertz CT molecular complexity index is 919. The van der Waals surface area contributed by atoms with Gasteiger partial charge in [0.05, 0.1) is 25.2 Å². The molecule has 0 spiro atoms. The molecule has 0 aromatic carbocycles. The molecule has 0 aliphatic rings. The molecule has 342 valence electrons. The van der Waals surface area contributed by atoms with E-state index in [4.69, 9.17) is 4.74 Å². The summed E-state index contributed by atoms with van der Waals surface area (Å²) in [6.07, 6.45) is 52.3. The monoisotopic (exact) mass is 818 g/mol. The van der Waals surface area contributed by atoms with Crippen molar-refractivity contribution < 1.29 is 24.5 Å². The van der Waals surface area contributed by atoms with Crippen LogP contribution in [0.3, 0.4) is 0 Å². The van der Waals surface area contributed by atoms with Crippen LogP contribution in [0.15, 0.2) is 24.3 Å². The lowest BCUT2D eigenvalue weighted by molar-refractivity contribution is -0.151. The van der Waals surface area contributed by atoms with Gasteiger partial charge in [0.15, 0.2) is 0 Å². The maximum Gasteiger partial charge on any atom is 0.306 e. The molecule has 1 amide bonds. The topological polar surface area (TPSA) is 95.9 Å². The maximum absolute atomic E-state index is 13.2. The fraction of sp³-hybridized carbons (Fsp3) is 0.885. The summed E-state index contributed by atoms with van der Waals surface area (Å²) in [5.41, 5.74) is 0. The Morgan fingerprint density at radius 1 is 0.500 bits per heavy atom. The number of rotatable bonds is 46. The van der Waals surface area contributed by atoms with Crippen molar-refractivity contribution in [2.24, 2.45) is 0 Å². The van der Waals surface area contributed by atoms with Crippen molar-refractivity contribution in [2.45, 2.75) is 289 Å². The Morgan fingerprint density at radius 3 is 1.29 bits per heavy atom. The van der Waals surface area contributed by atoms with Crippen LogP contribution in [0.5, 0.6) is 0 Å². The number of hydrogen-bond acceptors (Lipinski definition) is 5. The van der Waals surface area contributed by atoms with E-state index in [1.165, 1.54) is 154 Å². The number of amides is 1. The van der Waals surface area contributed by atoms with Crippen molar-refractivity contribution in [1.82, 2.24) is 5.32 Å². The predicted molar refractivity (Wildman–Crippen MR) is 250 cm³/mol. The molecule has 0 aliphatic heterocycles. The zero-order valence-electron chi connectivity index (χ0n) is 38.9. The highest BCUT2D eigenvalue weighted by Gasteiger charge is 2.24. The van der Waals surface area contributed by atoms with Crippen LogP contribution in [-0.4, -0.2) is 46.9 Å². The Kier molecular flexibility index (Phi) is 45.1. The van der Waals surface area contributed by atoms with Gasteiger partial charge in [0.1, 0.15) is 6.10 Å². The van der Waals surface area contributed by atoms with Gasteiger partial charge in [-0.15, -0.1) is 0 Å². The summed E-state index contributed by atoms with van der Waals surface area (Å²) < 4.78 is 5.91. The number of carbonyl (C=O) groups excluding carboxylic acids is 2. The minimum atomic E-state index is -0.789. The molecule has 0 aromatic rings. The van der Waals surface area contributed by atoms with Gasteiger partial charge in [-0.2, -0.15) is 0 Å². The molecular formula is C52H99NO5. The van der Waals surface area contributed by atoms with Crippen molar-refractivity contribution >= 4 is 11.9 Å². The van der Waals surface area contributed by atoms with Crippen LogP contribution < -0.4 is 5.32 Å². The quantitative estimate of drug-likeness (QED) is 0.0323. The molecule has 0 bridgehead atoms. The molecule has 3 N–H and O–H groups in total. The van der Waals surface area contributed by atoms with Crippen molar-refractivity contribution in [3.8, 4) is 0 Å². The highest BCUT2D eigenvalue weighted by molar-refractivity contribution is 5.77. The van der Waals surface area contributed by atoms with Crippen LogP contribution in [0, 0.1) is 0 Å². The van der Waals surface area contributed by atoms with Gasteiger partial charge >= 0.3 is 5.97 Å². The first kappa shape index (κ1) is 56.3. The van der Waals surface area contributed by atoms with Crippen LogP contribution >= 0.6 is 0 Å². The van der Waals surface area contributed by atoms with Crippen LogP contribution in [0.25, 0.3) is 0 Å². The first-order valence-corrected chi connectivity index (χ1v) is 25.6. The number of aliphatic hydroxyl groups is 2.